The molecule has 0 saturated carbocycles. The molecule has 1 unspecified atom stereocenters. The standard InChI is InChI=1S/C22H26N4O2/c1-22(2,3)18(23)20(27)25-19-21(28)26(4)16-13-9-8-12-15(16)17(24-19)14-10-6-5-7-11-14/h5-13,18-19H,23H2,1-4H3,(H,25,27)/t18-,19?/m1/s1. The summed E-state index contributed by atoms with van der Waals surface area (Å²) in [4.78, 5) is 31.9. The summed E-state index contributed by atoms with van der Waals surface area (Å²) < 4.78 is 0. The maximum absolute atomic E-state index is 13.1. The molecule has 0 aromatic heterocycles. The fourth-order valence-electron chi connectivity index (χ4n) is 3.06. The number of amides is 2. The van der Waals surface area contributed by atoms with Crippen molar-refractivity contribution in [2.45, 2.75) is 33.0 Å². The molecule has 3 N–H and O–H groups in total. The second-order valence-electron chi connectivity index (χ2n) is 8.01. The highest BCUT2D eigenvalue weighted by Gasteiger charge is 2.34. The van der Waals surface area contributed by atoms with Crippen LogP contribution in [0.1, 0.15) is 31.9 Å². The molecule has 0 radical (unpaired) electrons. The summed E-state index contributed by atoms with van der Waals surface area (Å²) in [5.74, 6) is -0.714. The largest absolute Gasteiger partial charge is 0.325 e. The van der Waals surface area contributed by atoms with Crippen LogP contribution in [0.5, 0.6) is 0 Å². The summed E-state index contributed by atoms with van der Waals surface area (Å²) in [6.45, 7) is 5.65. The maximum atomic E-state index is 13.1. The Labute approximate surface area is 165 Å². The molecule has 0 saturated heterocycles. The number of benzene rings is 2. The second kappa shape index (κ2) is 7.56. The topological polar surface area (TPSA) is 87.8 Å². The first kappa shape index (κ1) is 19.8. The summed E-state index contributed by atoms with van der Waals surface area (Å²) in [5, 5.41) is 2.74. The number of carbonyl (C=O) groups excluding carboxylic acids is 2. The van der Waals surface area contributed by atoms with Gasteiger partial charge in [-0.25, -0.2) is 4.99 Å². The SMILES string of the molecule is CN1C(=O)C(NC(=O)[C@@H](N)C(C)(C)C)N=C(c2ccccc2)c2ccccc21. The molecule has 1 heterocycles. The highest BCUT2D eigenvalue weighted by Crippen LogP contribution is 2.27. The van der Waals surface area contributed by atoms with Gasteiger partial charge in [0.1, 0.15) is 0 Å². The Morgan fingerprint density at radius 2 is 1.71 bits per heavy atom. The van der Waals surface area contributed by atoms with E-state index < -0.39 is 23.5 Å². The second-order valence-corrected chi connectivity index (χ2v) is 8.01. The minimum absolute atomic E-state index is 0.312. The van der Waals surface area contributed by atoms with Crippen molar-refractivity contribution in [1.29, 1.82) is 0 Å². The van der Waals surface area contributed by atoms with Gasteiger partial charge in [-0.05, 0) is 11.5 Å². The predicted molar refractivity (Wildman–Crippen MR) is 111 cm³/mol. The number of para-hydroxylation sites is 1. The molecule has 0 fully saturated rings. The Bertz CT molecular complexity index is 916. The molecule has 2 aromatic rings. The minimum atomic E-state index is -1.05. The van der Waals surface area contributed by atoms with Gasteiger partial charge in [0.05, 0.1) is 17.4 Å². The Morgan fingerprint density at radius 1 is 1.11 bits per heavy atom. The van der Waals surface area contributed by atoms with Gasteiger partial charge in [-0.15, -0.1) is 0 Å². The van der Waals surface area contributed by atoms with Crippen LogP contribution >= 0.6 is 0 Å². The number of hydrogen-bond donors (Lipinski definition) is 2. The molecule has 2 atom stereocenters. The molecular formula is C22H26N4O2. The Kier molecular flexibility index (Phi) is 5.34. The number of nitrogens with two attached hydrogens (primary N) is 1. The van der Waals surface area contributed by atoms with Crippen molar-refractivity contribution >= 4 is 23.2 Å². The van der Waals surface area contributed by atoms with E-state index in [-0.39, 0.29) is 5.91 Å². The molecule has 6 nitrogen and oxygen atoms in total. The quantitative estimate of drug-likeness (QED) is 0.859. The normalized spacial score (nSPS) is 18.0. The lowest BCUT2D eigenvalue weighted by atomic mass is 9.87. The van der Waals surface area contributed by atoms with Crippen LogP contribution < -0.4 is 16.0 Å². The molecule has 2 aromatic carbocycles. The molecule has 0 aliphatic carbocycles. The van der Waals surface area contributed by atoms with Gasteiger partial charge < -0.3 is 16.0 Å². The van der Waals surface area contributed by atoms with Crippen LogP contribution in [-0.2, 0) is 9.59 Å². The number of likely N-dealkylation sites (N-methyl/N-ethyl adjacent to an activating group) is 1. The third kappa shape index (κ3) is 3.82. The lowest BCUT2D eigenvalue weighted by Crippen LogP contribution is -2.54. The van der Waals surface area contributed by atoms with Gasteiger partial charge in [-0.3, -0.25) is 9.59 Å². The van der Waals surface area contributed by atoms with Crippen molar-refractivity contribution in [3.63, 3.8) is 0 Å². The summed E-state index contributed by atoms with van der Waals surface area (Å²) in [6, 6.07) is 16.4. The van der Waals surface area contributed by atoms with E-state index >= 15 is 0 Å². The van der Waals surface area contributed by atoms with Crippen molar-refractivity contribution < 1.29 is 9.59 Å². The number of carbonyl (C=O) groups is 2. The molecule has 0 bridgehead atoms. The average molecular weight is 378 g/mol. The highest BCUT2D eigenvalue weighted by atomic mass is 16.2. The maximum Gasteiger partial charge on any atom is 0.272 e. The fraction of sp³-hybridized carbons (Fsp3) is 0.318. The molecule has 28 heavy (non-hydrogen) atoms. The van der Waals surface area contributed by atoms with E-state index in [9.17, 15) is 9.59 Å². The zero-order chi connectivity index (χ0) is 20.5. The zero-order valence-corrected chi connectivity index (χ0v) is 16.6. The van der Waals surface area contributed by atoms with Gasteiger partial charge in [0.25, 0.3) is 5.91 Å². The Hall–Kier alpha value is -2.99. The van der Waals surface area contributed by atoms with Gasteiger partial charge in [-0.1, -0.05) is 69.3 Å². The number of hydrogen-bond acceptors (Lipinski definition) is 4. The van der Waals surface area contributed by atoms with Crippen LogP contribution in [0.4, 0.5) is 5.69 Å². The predicted octanol–water partition coefficient (Wildman–Crippen LogP) is 2.32. The molecule has 0 spiro atoms. The van der Waals surface area contributed by atoms with Crippen molar-refractivity contribution in [2.75, 3.05) is 11.9 Å². The number of nitrogens with one attached hydrogen (secondary N) is 1. The highest BCUT2D eigenvalue weighted by molar-refractivity contribution is 6.20. The van der Waals surface area contributed by atoms with Gasteiger partial charge in [0.15, 0.2) is 0 Å². The molecule has 6 heteroatoms. The van der Waals surface area contributed by atoms with E-state index in [1.807, 2.05) is 75.4 Å². The molecule has 2 amide bonds. The number of anilines is 1. The van der Waals surface area contributed by atoms with Gasteiger partial charge in [0, 0.05) is 18.2 Å². The lowest BCUT2D eigenvalue weighted by molar-refractivity contribution is -0.129. The lowest BCUT2D eigenvalue weighted by Gasteiger charge is -2.27. The molecule has 1 aliphatic heterocycles. The first-order chi connectivity index (χ1) is 13.2. The molecule has 3 rings (SSSR count). The molecule has 146 valence electrons. The smallest absolute Gasteiger partial charge is 0.272 e. The first-order valence-corrected chi connectivity index (χ1v) is 9.26. The van der Waals surface area contributed by atoms with E-state index in [0.717, 1.165) is 16.8 Å². The number of rotatable bonds is 3. The van der Waals surface area contributed by atoms with Crippen molar-refractivity contribution in [1.82, 2.24) is 5.32 Å². The van der Waals surface area contributed by atoms with E-state index in [1.54, 1.807) is 7.05 Å². The summed E-state index contributed by atoms with van der Waals surface area (Å²) in [5.41, 5.74) is 8.75. The van der Waals surface area contributed by atoms with E-state index in [1.165, 1.54) is 4.90 Å². The number of nitrogens with zero attached hydrogens (tertiary/aromatic N) is 2. The van der Waals surface area contributed by atoms with Crippen molar-refractivity contribution in [3.8, 4) is 0 Å². The third-order valence-electron chi connectivity index (χ3n) is 4.88. The molecular weight excluding hydrogens is 352 g/mol. The van der Waals surface area contributed by atoms with Crippen LogP contribution in [0, 0.1) is 5.41 Å². The van der Waals surface area contributed by atoms with Crippen LogP contribution in [0.25, 0.3) is 0 Å². The first-order valence-electron chi connectivity index (χ1n) is 9.26. The zero-order valence-electron chi connectivity index (χ0n) is 16.6. The summed E-state index contributed by atoms with van der Waals surface area (Å²) in [7, 11) is 1.69. The average Bonchev–Trinajstić information content (AvgIpc) is 2.78. The number of aliphatic imine (C=N–C) groups is 1. The summed E-state index contributed by atoms with van der Waals surface area (Å²) in [6.07, 6.45) is -1.05. The van der Waals surface area contributed by atoms with Crippen LogP contribution in [0.2, 0.25) is 0 Å². The monoisotopic (exact) mass is 378 g/mol. The number of fused-ring (bicyclic) bond motifs is 1. The third-order valence-corrected chi connectivity index (χ3v) is 4.88. The molecule has 1 aliphatic rings. The van der Waals surface area contributed by atoms with Crippen molar-refractivity contribution in [3.05, 3.63) is 65.7 Å². The van der Waals surface area contributed by atoms with Gasteiger partial charge >= 0.3 is 0 Å². The van der Waals surface area contributed by atoms with Gasteiger partial charge in [-0.2, -0.15) is 0 Å². The van der Waals surface area contributed by atoms with E-state index in [4.69, 9.17) is 5.73 Å². The number of benzodiazepines with no additional fused rings is 1. The Balaban J connectivity index is 2.07. The van der Waals surface area contributed by atoms with Gasteiger partial charge in [0.2, 0.25) is 12.1 Å². The summed E-state index contributed by atoms with van der Waals surface area (Å²) >= 11 is 0. The van der Waals surface area contributed by atoms with Crippen LogP contribution in [-0.4, -0.2) is 36.8 Å². The fourth-order valence-corrected chi connectivity index (χ4v) is 3.06. The minimum Gasteiger partial charge on any atom is -0.325 e. The van der Waals surface area contributed by atoms with E-state index in [2.05, 4.69) is 10.3 Å². The van der Waals surface area contributed by atoms with Crippen molar-refractivity contribution in [2.24, 2.45) is 16.1 Å². The van der Waals surface area contributed by atoms with E-state index in [0.29, 0.717) is 5.71 Å². The Morgan fingerprint density at radius 3 is 2.36 bits per heavy atom. The van der Waals surface area contributed by atoms with Crippen LogP contribution in [0.15, 0.2) is 59.6 Å². The van der Waals surface area contributed by atoms with Crippen LogP contribution in [0.3, 0.4) is 0 Å².